The molecule has 100 valence electrons. The van der Waals surface area contributed by atoms with Crippen LogP contribution in [0.5, 0.6) is 0 Å². The first-order valence-electron chi connectivity index (χ1n) is 7.07. The molecule has 3 heteroatoms. The van der Waals surface area contributed by atoms with Crippen molar-refractivity contribution < 1.29 is 0 Å². The van der Waals surface area contributed by atoms with Gasteiger partial charge in [-0.25, -0.2) is 0 Å². The summed E-state index contributed by atoms with van der Waals surface area (Å²) in [5, 5.41) is 0. The van der Waals surface area contributed by atoms with Crippen LogP contribution in [0.4, 0.5) is 5.69 Å². The molecule has 0 saturated carbocycles. The van der Waals surface area contributed by atoms with E-state index in [1.165, 1.54) is 44.7 Å². The van der Waals surface area contributed by atoms with Crippen LogP contribution < -0.4 is 5.73 Å². The summed E-state index contributed by atoms with van der Waals surface area (Å²) in [7, 11) is 0. The van der Waals surface area contributed by atoms with Gasteiger partial charge in [0.25, 0.3) is 0 Å². The average Bonchev–Trinajstić information content (AvgIpc) is 2.40. The molecule has 2 N–H and O–H groups in total. The third-order valence-corrected chi connectivity index (χ3v) is 3.76. The fraction of sp³-hybridized carbons (Fsp3) is 0.600. The van der Waals surface area contributed by atoms with Gasteiger partial charge in [0.15, 0.2) is 0 Å². The highest BCUT2D eigenvalue weighted by Gasteiger charge is 2.15. The van der Waals surface area contributed by atoms with Crippen LogP contribution in [0.25, 0.3) is 0 Å². The van der Waals surface area contributed by atoms with Crippen LogP contribution in [0.2, 0.25) is 0 Å². The largest absolute Gasteiger partial charge is 0.399 e. The summed E-state index contributed by atoms with van der Waals surface area (Å²) in [4.78, 5) is 5.12. The Morgan fingerprint density at radius 3 is 2.22 bits per heavy atom. The second kappa shape index (κ2) is 6.76. The Hall–Kier alpha value is -1.06. The summed E-state index contributed by atoms with van der Waals surface area (Å²) < 4.78 is 0. The van der Waals surface area contributed by atoms with Crippen molar-refractivity contribution in [2.24, 2.45) is 0 Å². The minimum atomic E-state index is 0.933. The topological polar surface area (TPSA) is 32.5 Å². The fourth-order valence-electron chi connectivity index (χ4n) is 2.59. The van der Waals surface area contributed by atoms with Gasteiger partial charge in [0.05, 0.1) is 0 Å². The molecular formula is C15H25N3. The van der Waals surface area contributed by atoms with Crippen molar-refractivity contribution in [1.29, 1.82) is 0 Å². The molecule has 1 aromatic rings. The third-order valence-electron chi connectivity index (χ3n) is 3.76. The number of hydrogen-bond acceptors (Lipinski definition) is 3. The number of piperazine rings is 1. The molecular weight excluding hydrogens is 222 g/mol. The van der Waals surface area contributed by atoms with Crippen LogP contribution in [0.1, 0.15) is 18.9 Å². The quantitative estimate of drug-likeness (QED) is 0.806. The molecule has 0 atom stereocenters. The van der Waals surface area contributed by atoms with Crippen LogP contribution in [0.3, 0.4) is 0 Å². The van der Waals surface area contributed by atoms with E-state index in [1.54, 1.807) is 0 Å². The number of hydrogen-bond donors (Lipinski definition) is 1. The lowest BCUT2D eigenvalue weighted by Crippen LogP contribution is -2.46. The van der Waals surface area contributed by atoms with Crippen molar-refractivity contribution in [2.75, 3.05) is 45.0 Å². The van der Waals surface area contributed by atoms with Gasteiger partial charge in [0, 0.05) is 38.4 Å². The molecule has 1 aliphatic rings. The predicted octanol–water partition coefficient (Wildman–Crippen LogP) is 1.84. The van der Waals surface area contributed by atoms with Crippen LogP contribution in [-0.4, -0.2) is 49.1 Å². The number of rotatable bonds is 5. The maximum absolute atomic E-state index is 5.97. The summed E-state index contributed by atoms with van der Waals surface area (Å²) in [5.41, 5.74) is 8.19. The molecule has 0 aliphatic carbocycles. The first-order chi connectivity index (χ1) is 8.79. The molecule has 0 aromatic heterocycles. The summed E-state index contributed by atoms with van der Waals surface area (Å²) in [6.45, 7) is 9.48. The van der Waals surface area contributed by atoms with E-state index in [1.807, 2.05) is 12.1 Å². The van der Waals surface area contributed by atoms with Crippen LogP contribution >= 0.6 is 0 Å². The van der Waals surface area contributed by atoms with Crippen molar-refractivity contribution >= 4 is 5.69 Å². The second-order valence-electron chi connectivity index (χ2n) is 5.13. The van der Waals surface area contributed by atoms with Crippen LogP contribution in [0.15, 0.2) is 24.3 Å². The van der Waals surface area contributed by atoms with Gasteiger partial charge in [-0.2, -0.15) is 0 Å². The first-order valence-corrected chi connectivity index (χ1v) is 7.07. The highest BCUT2D eigenvalue weighted by molar-refractivity contribution is 5.46. The van der Waals surface area contributed by atoms with Crippen molar-refractivity contribution in [2.45, 2.75) is 19.8 Å². The highest BCUT2D eigenvalue weighted by Crippen LogP contribution is 2.12. The van der Waals surface area contributed by atoms with Crippen molar-refractivity contribution in [1.82, 2.24) is 9.80 Å². The number of benzene rings is 1. The maximum Gasteiger partial charge on any atom is 0.0347 e. The smallest absolute Gasteiger partial charge is 0.0347 e. The Labute approximate surface area is 111 Å². The first kappa shape index (κ1) is 13.4. The monoisotopic (exact) mass is 247 g/mol. The van der Waals surface area contributed by atoms with Gasteiger partial charge in [-0.15, -0.1) is 0 Å². The van der Waals surface area contributed by atoms with E-state index in [-0.39, 0.29) is 0 Å². The molecule has 0 amide bonds. The number of nitrogens with zero attached hydrogens (tertiary/aromatic N) is 2. The molecule has 1 aromatic carbocycles. The Balaban J connectivity index is 1.74. The minimum absolute atomic E-state index is 0.933. The van der Waals surface area contributed by atoms with Crippen molar-refractivity contribution in [3.63, 3.8) is 0 Å². The van der Waals surface area contributed by atoms with E-state index in [9.17, 15) is 0 Å². The lowest BCUT2D eigenvalue weighted by Gasteiger charge is -2.34. The minimum Gasteiger partial charge on any atom is -0.399 e. The molecule has 2 rings (SSSR count). The molecule has 0 bridgehead atoms. The zero-order valence-corrected chi connectivity index (χ0v) is 11.4. The maximum atomic E-state index is 5.97. The van der Waals surface area contributed by atoms with Crippen molar-refractivity contribution in [3.05, 3.63) is 29.8 Å². The second-order valence-corrected chi connectivity index (χ2v) is 5.13. The predicted molar refractivity (Wildman–Crippen MR) is 77.7 cm³/mol. The molecule has 0 spiro atoms. The van der Waals surface area contributed by atoms with Gasteiger partial charge in [0.1, 0.15) is 0 Å². The number of anilines is 1. The third kappa shape index (κ3) is 3.72. The Kier molecular flexibility index (Phi) is 5.02. The van der Waals surface area contributed by atoms with E-state index < -0.39 is 0 Å². The summed E-state index contributed by atoms with van der Waals surface area (Å²) in [6.07, 6.45) is 2.33. The molecule has 1 saturated heterocycles. The lowest BCUT2D eigenvalue weighted by atomic mass is 10.1. The van der Waals surface area contributed by atoms with Gasteiger partial charge in [-0.1, -0.05) is 25.1 Å². The van der Waals surface area contributed by atoms with Crippen molar-refractivity contribution in [3.8, 4) is 0 Å². The Bertz CT molecular complexity index is 357. The van der Waals surface area contributed by atoms with E-state index in [0.29, 0.717) is 0 Å². The molecule has 0 unspecified atom stereocenters. The van der Waals surface area contributed by atoms with Gasteiger partial charge < -0.3 is 15.5 Å². The van der Waals surface area contributed by atoms with Crippen LogP contribution in [0, 0.1) is 0 Å². The average molecular weight is 247 g/mol. The SMILES string of the molecule is CCCN1CCN(CCc2ccccc2N)CC1. The summed E-state index contributed by atoms with van der Waals surface area (Å²) in [5.74, 6) is 0. The number of nitrogens with two attached hydrogens (primary N) is 1. The molecule has 0 radical (unpaired) electrons. The van der Waals surface area contributed by atoms with E-state index >= 15 is 0 Å². The standard InChI is InChI=1S/C15H25N3/c1-2-8-17-10-12-18(13-11-17)9-7-14-5-3-4-6-15(14)16/h3-6H,2,7-13,16H2,1H3. The zero-order chi connectivity index (χ0) is 12.8. The van der Waals surface area contributed by atoms with E-state index in [2.05, 4.69) is 28.9 Å². The highest BCUT2D eigenvalue weighted by atomic mass is 15.3. The molecule has 3 nitrogen and oxygen atoms in total. The summed E-state index contributed by atoms with van der Waals surface area (Å²) in [6, 6.07) is 8.21. The van der Waals surface area contributed by atoms with Gasteiger partial charge >= 0.3 is 0 Å². The summed E-state index contributed by atoms with van der Waals surface area (Å²) >= 11 is 0. The Morgan fingerprint density at radius 1 is 1.00 bits per heavy atom. The van der Waals surface area contributed by atoms with Gasteiger partial charge in [-0.3, -0.25) is 0 Å². The lowest BCUT2D eigenvalue weighted by molar-refractivity contribution is 0.134. The Morgan fingerprint density at radius 2 is 1.61 bits per heavy atom. The van der Waals surface area contributed by atoms with E-state index in [4.69, 9.17) is 5.73 Å². The van der Waals surface area contributed by atoms with Gasteiger partial charge in [0.2, 0.25) is 0 Å². The molecule has 1 fully saturated rings. The normalized spacial score (nSPS) is 18.1. The van der Waals surface area contributed by atoms with Gasteiger partial charge in [-0.05, 0) is 31.0 Å². The zero-order valence-electron chi connectivity index (χ0n) is 11.4. The molecule has 1 aliphatic heterocycles. The fourth-order valence-corrected chi connectivity index (χ4v) is 2.59. The van der Waals surface area contributed by atoms with Crippen LogP contribution in [-0.2, 0) is 6.42 Å². The molecule has 1 heterocycles. The molecule has 18 heavy (non-hydrogen) atoms. The van der Waals surface area contributed by atoms with E-state index in [0.717, 1.165) is 18.7 Å². The number of para-hydroxylation sites is 1. The number of nitrogen functional groups attached to an aromatic ring is 1.